The number of rotatable bonds is 8. The number of carboxylic acids is 1. The average molecular weight is 300 g/mol. The number of carbonyl (C=O) groups excluding carboxylic acids is 1. The summed E-state index contributed by atoms with van der Waals surface area (Å²) in [4.78, 5) is 26.3. The van der Waals surface area contributed by atoms with E-state index in [0.717, 1.165) is 24.1 Å². The first-order valence-electron chi connectivity index (χ1n) is 7.43. The molecule has 5 heteroatoms. The molecule has 5 nitrogen and oxygen atoms in total. The first kappa shape index (κ1) is 15.9. The molecule has 2 N–H and O–H groups in total. The molecule has 0 radical (unpaired) electrons. The zero-order valence-corrected chi connectivity index (χ0v) is 12.4. The second-order valence-corrected chi connectivity index (χ2v) is 5.25. The van der Waals surface area contributed by atoms with Crippen LogP contribution in [0.4, 0.5) is 0 Å². The summed E-state index contributed by atoms with van der Waals surface area (Å²) in [6.45, 7) is 0.565. The molecule has 0 atom stereocenters. The number of benzene rings is 1. The highest BCUT2D eigenvalue weighted by molar-refractivity contribution is 6.03. The highest BCUT2D eigenvalue weighted by Gasteiger charge is 2.12. The van der Waals surface area contributed by atoms with Gasteiger partial charge in [-0.25, -0.2) is 0 Å². The number of nitrogens with one attached hydrogen (secondary N) is 1. The van der Waals surface area contributed by atoms with Gasteiger partial charge in [0.2, 0.25) is 5.91 Å². The monoisotopic (exact) mass is 300 g/mol. The van der Waals surface area contributed by atoms with Gasteiger partial charge in [0, 0.05) is 32.0 Å². The Morgan fingerprint density at radius 3 is 2.68 bits per heavy atom. The summed E-state index contributed by atoms with van der Waals surface area (Å²) in [6.07, 6.45) is 4.14. The fourth-order valence-electron chi connectivity index (χ4n) is 2.29. The summed E-state index contributed by atoms with van der Waals surface area (Å²) in [7, 11) is 0. The molecule has 2 rings (SSSR count). The second kappa shape index (κ2) is 8.12. The van der Waals surface area contributed by atoms with Crippen molar-refractivity contribution in [3.8, 4) is 0 Å². The maximum absolute atomic E-state index is 11.5. The molecule has 0 fully saturated rings. The van der Waals surface area contributed by atoms with Gasteiger partial charge in [-0.05, 0) is 24.0 Å². The Morgan fingerprint density at radius 1 is 1.18 bits per heavy atom. The van der Waals surface area contributed by atoms with Crippen LogP contribution in [0, 0.1) is 0 Å². The molecule has 0 saturated carbocycles. The zero-order valence-electron chi connectivity index (χ0n) is 12.4. The Labute approximate surface area is 129 Å². The van der Waals surface area contributed by atoms with E-state index in [1.807, 2.05) is 36.5 Å². The molecule has 0 aromatic heterocycles. The molecular weight excluding hydrogens is 280 g/mol. The van der Waals surface area contributed by atoms with E-state index in [4.69, 9.17) is 5.11 Å². The van der Waals surface area contributed by atoms with Gasteiger partial charge in [-0.3, -0.25) is 14.6 Å². The largest absolute Gasteiger partial charge is 0.481 e. The van der Waals surface area contributed by atoms with E-state index >= 15 is 0 Å². The van der Waals surface area contributed by atoms with Gasteiger partial charge < -0.3 is 10.4 Å². The van der Waals surface area contributed by atoms with Gasteiger partial charge in [0.05, 0.1) is 5.71 Å². The number of amides is 1. The molecule has 1 aliphatic heterocycles. The van der Waals surface area contributed by atoms with E-state index in [9.17, 15) is 9.59 Å². The SMILES string of the molecule is O=C(O)CCCC(=O)NCCC1=CN=C(c2ccccc2)C1. The lowest BCUT2D eigenvalue weighted by atomic mass is 10.0. The number of carbonyl (C=O) groups is 2. The van der Waals surface area contributed by atoms with Crippen molar-refractivity contribution in [1.82, 2.24) is 5.32 Å². The molecule has 0 saturated heterocycles. The van der Waals surface area contributed by atoms with Gasteiger partial charge >= 0.3 is 5.97 Å². The third-order valence-corrected chi connectivity index (χ3v) is 3.47. The quantitative estimate of drug-likeness (QED) is 0.774. The van der Waals surface area contributed by atoms with Crippen LogP contribution in [0.1, 0.15) is 37.7 Å². The van der Waals surface area contributed by atoms with Crippen LogP contribution in [0.15, 0.2) is 47.1 Å². The summed E-state index contributed by atoms with van der Waals surface area (Å²) < 4.78 is 0. The van der Waals surface area contributed by atoms with Gasteiger partial charge in [0.15, 0.2) is 0 Å². The van der Waals surface area contributed by atoms with Crippen molar-refractivity contribution in [3.63, 3.8) is 0 Å². The Bertz CT molecular complexity index is 591. The predicted molar refractivity (Wildman–Crippen MR) is 84.8 cm³/mol. The summed E-state index contributed by atoms with van der Waals surface area (Å²) in [5.74, 6) is -0.960. The molecule has 1 aromatic rings. The molecule has 116 valence electrons. The standard InChI is InChI=1S/C17H20N2O3/c20-16(7-4-8-17(21)22)18-10-9-13-11-15(19-12-13)14-5-2-1-3-6-14/h1-3,5-6,12H,4,7-11H2,(H,18,20)(H,21,22). The highest BCUT2D eigenvalue weighted by Crippen LogP contribution is 2.19. The summed E-state index contributed by atoms with van der Waals surface area (Å²) in [5, 5.41) is 11.3. The van der Waals surface area contributed by atoms with Crippen molar-refractivity contribution in [2.24, 2.45) is 4.99 Å². The van der Waals surface area contributed by atoms with Crippen molar-refractivity contribution >= 4 is 17.6 Å². The minimum atomic E-state index is -0.866. The highest BCUT2D eigenvalue weighted by atomic mass is 16.4. The molecule has 0 bridgehead atoms. The fraction of sp³-hybridized carbons (Fsp3) is 0.353. The van der Waals surface area contributed by atoms with Crippen LogP contribution in [0.3, 0.4) is 0 Å². The molecular formula is C17H20N2O3. The smallest absolute Gasteiger partial charge is 0.303 e. The first-order chi connectivity index (χ1) is 10.6. The maximum atomic E-state index is 11.5. The van der Waals surface area contributed by atoms with E-state index in [2.05, 4.69) is 10.3 Å². The van der Waals surface area contributed by atoms with Crippen LogP contribution >= 0.6 is 0 Å². The van der Waals surface area contributed by atoms with Crippen molar-refractivity contribution in [1.29, 1.82) is 0 Å². The Hall–Kier alpha value is -2.43. The number of nitrogens with zero attached hydrogens (tertiary/aromatic N) is 1. The van der Waals surface area contributed by atoms with Gasteiger partial charge in [0.25, 0.3) is 0 Å². The molecule has 1 aromatic carbocycles. The Kier molecular flexibility index (Phi) is 5.89. The Morgan fingerprint density at radius 2 is 1.95 bits per heavy atom. The lowest BCUT2D eigenvalue weighted by Crippen LogP contribution is -2.24. The van der Waals surface area contributed by atoms with Gasteiger partial charge in [-0.15, -0.1) is 0 Å². The van der Waals surface area contributed by atoms with Gasteiger partial charge in [-0.1, -0.05) is 30.3 Å². The van der Waals surface area contributed by atoms with Crippen LogP contribution in [-0.4, -0.2) is 29.2 Å². The van der Waals surface area contributed by atoms with Crippen molar-refractivity contribution in [2.75, 3.05) is 6.54 Å². The molecule has 22 heavy (non-hydrogen) atoms. The first-order valence-corrected chi connectivity index (χ1v) is 7.43. The van der Waals surface area contributed by atoms with E-state index in [1.54, 1.807) is 0 Å². The van der Waals surface area contributed by atoms with Crippen LogP contribution in [0.25, 0.3) is 0 Å². The van der Waals surface area contributed by atoms with E-state index in [1.165, 1.54) is 5.57 Å². The zero-order chi connectivity index (χ0) is 15.8. The third kappa shape index (κ3) is 5.16. The second-order valence-electron chi connectivity index (χ2n) is 5.25. The predicted octanol–water partition coefficient (Wildman–Crippen LogP) is 2.52. The van der Waals surface area contributed by atoms with E-state index in [0.29, 0.717) is 13.0 Å². The van der Waals surface area contributed by atoms with Crippen LogP contribution in [0.5, 0.6) is 0 Å². The molecule has 1 aliphatic rings. The summed E-state index contributed by atoms with van der Waals surface area (Å²) in [6, 6.07) is 10.0. The lowest BCUT2D eigenvalue weighted by Gasteiger charge is -2.06. The fourth-order valence-corrected chi connectivity index (χ4v) is 2.29. The normalized spacial score (nSPS) is 13.5. The average Bonchev–Trinajstić information content (AvgIpc) is 2.97. The van der Waals surface area contributed by atoms with Crippen LogP contribution in [0.2, 0.25) is 0 Å². The number of carboxylic acid groups (broad SMARTS) is 1. The van der Waals surface area contributed by atoms with Gasteiger partial charge in [-0.2, -0.15) is 0 Å². The minimum absolute atomic E-state index is 0.0346. The minimum Gasteiger partial charge on any atom is -0.481 e. The maximum Gasteiger partial charge on any atom is 0.303 e. The molecule has 0 spiro atoms. The van der Waals surface area contributed by atoms with Crippen LogP contribution in [-0.2, 0) is 9.59 Å². The van der Waals surface area contributed by atoms with E-state index in [-0.39, 0.29) is 18.7 Å². The Balaban J connectivity index is 1.63. The topological polar surface area (TPSA) is 78.8 Å². The summed E-state index contributed by atoms with van der Waals surface area (Å²) >= 11 is 0. The number of aliphatic carboxylic acids is 1. The molecule has 0 aliphatic carbocycles. The van der Waals surface area contributed by atoms with Crippen molar-refractivity contribution in [2.45, 2.75) is 32.1 Å². The van der Waals surface area contributed by atoms with Gasteiger partial charge in [0.1, 0.15) is 0 Å². The number of hydrogen-bond donors (Lipinski definition) is 2. The summed E-state index contributed by atoms with van der Waals surface area (Å²) in [5.41, 5.74) is 3.39. The third-order valence-electron chi connectivity index (χ3n) is 3.47. The number of aliphatic imine (C=N–C) groups is 1. The molecule has 1 amide bonds. The molecule has 0 unspecified atom stereocenters. The number of hydrogen-bond acceptors (Lipinski definition) is 3. The van der Waals surface area contributed by atoms with Crippen molar-refractivity contribution in [3.05, 3.63) is 47.7 Å². The lowest BCUT2D eigenvalue weighted by molar-refractivity contribution is -0.137. The van der Waals surface area contributed by atoms with E-state index < -0.39 is 5.97 Å². The van der Waals surface area contributed by atoms with Crippen LogP contribution < -0.4 is 5.32 Å². The molecule has 1 heterocycles. The van der Waals surface area contributed by atoms with Crippen molar-refractivity contribution < 1.29 is 14.7 Å².